The maximum atomic E-state index is 13.4. The summed E-state index contributed by atoms with van der Waals surface area (Å²) in [7, 11) is -3.85. The van der Waals surface area contributed by atoms with Gasteiger partial charge in [-0.2, -0.15) is 0 Å². The number of anilines is 1. The summed E-state index contributed by atoms with van der Waals surface area (Å²) in [4.78, 5) is 25.7. The largest absolute Gasteiger partial charge is 0.449 e. The second-order valence-corrected chi connectivity index (χ2v) is 14.0. The van der Waals surface area contributed by atoms with Crippen LogP contribution in [0.3, 0.4) is 0 Å². The van der Waals surface area contributed by atoms with Crippen LogP contribution in [-0.2, 0) is 19.6 Å². The van der Waals surface area contributed by atoms with Gasteiger partial charge in [-0.3, -0.25) is 4.79 Å². The topological polar surface area (TPSA) is 102 Å². The predicted octanol–water partition coefficient (Wildman–Crippen LogP) is 5.91. The summed E-state index contributed by atoms with van der Waals surface area (Å²) in [6, 6.07) is 19.0. The van der Waals surface area contributed by atoms with Gasteiger partial charge in [-0.1, -0.05) is 36.4 Å². The number of hydrogen-bond acceptors (Lipinski definition) is 5. The summed E-state index contributed by atoms with van der Waals surface area (Å²) in [6.45, 7) is 3.49. The lowest BCUT2D eigenvalue weighted by Crippen LogP contribution is -2.55. The molecule has 0 saturated heterocycles. The number of carbonyl (C=O) groups is 2. The van der Waals surface area contributed by atoms with Crippen molar-refractivity contribution in [1.29, 1.82) is 0 Å². The highest BCUT2D eigenvalue weighted by Gasteiger charge is 2.53. The van der Waals surface area contributed by atoms with Crippen molar-refractivity contribution >= 4 is 38.4 Å². The number of esters is 1. The lowest BCUT2D eigenvalue weighted by atomic mass is 9.48. The molecule has 3 aromatic rings. The van der Waals surface area contributed by atoms with Gasteiger partial charge in [-0.15, -0.1) is 0 Å². The Kier molecular flexibility index (Phi) is 6.95. The molecule has 8 heteroatoms. The zero-order valence-corrected chi connectivity index (χ0v) is 23.7. The molecule has 2 N–H and O–H groups in total. The van der Waals surface area contributed by atoms with E-state index < -0.39 is 28.0 Å². The van der Waals surface area contributed by atoms with E-state index in [4.69, 9.17) is 4.74 Å². The summed E-state index contributed by atoms with van der Waals surface area (Å²) in [6.07, 6.45) is 6.08. The number of hydrogen-bond donors (Lipinski definition) is 2. The van der Waals surface area contributed by atoms with Crippen LogP contribution in [0.15, 0.2) is 71.6 Å². The van der Waals surface area contributed by atoms with Crippen LogP contribution in [-0.4, -0.2) is 32.4 Å². The minimum Gasteiger partial charge on any atom is -0.449 e. The lowest BCUT2D eigenvalue weighted by Gasteiger charge is -2.59. The van der Waals surface area contributed by atoms with E-state index in [1.54, 1.807) is 6.07 Å². The van der Waals surface area contributed by atoms with Crippen LogP contribution >= 0.6 is 0 Å². The third-order valence-corrected chi connectivity index (χ3v) is 10.9. The number of sulfonamides is 1. The molecule has 4 aliphatic carbocycles. The van der Waals surface area contributed by atoms with Crippen molar-refractivity contribution in [3.8, 4) is 0 Å². The number of ether oxygens (including phenoxy) is 1. The van der Waals surface area contributed by atoms with Gasteiger partial charge in [0, 0.05) is 11.7 Å². The number of carbonyl (C=O) groups excluding carboxylic acids is 2. The van der Waals surface area contributed by atoms with E-state index in [1.165, 1.54) is 50.5 Å². The highest BCUT2D eigenvalue weighted by atomic mass is 32.2. The first-order valence-corrected chi connectivity index (χ1v) is 15.7. The molecule has 40 heavy (non-hydrogen) atoms. The van der Waals surface area contributed by atoms with Crippen molar-refractivity contribution in [2.75, 3.05) is 5.32 Å². The van der Waals surface area contributed by atoms with Gasteiger partial charge < -0.3 is 10.1 Å². The van der Waals surface area contributed by atoms with Crippen molar-refractivity contribution < 1.29 is 22.7 Å². The molecule has 210 valence electrons. The predicted molar refractivity (Wildman–Crippen MR) is 154 cm³/mol. The van der Waals surface area contributed by atoms with Crippen LogP contribution in [0.4, 0.5) is 5.69 Å². The van der Waals surface area contributed by atoms with Gasteiger partial charge in [0.05, 0.1) is 10.5 Å². The maximum absolute atomic E-state index is 13.4. The van der Waals surface area contributed by atoms with Crippen LogP contribution in [0.1, 0.15) is 62.7 Å². The average molecular weight is 561 g/mol. The van der Waals surface area contributed by atoms with Gasteiger partial charge in [0.2, 0.25) is 10.0 Å². The monoisotopic (exact) mass is 560 g/mol. The van der Waals surface area contributed by atoms with E-state index in [2.05, 4.69) is 10.0 Å². The Bertz CT molecular complexity index is 1530. The van der Waals surface area contributed by atoms with Crippen molar-refractivity contribution in [2.24, 2.45) is 23.2 Å². The fourth-order valence-electron chi connectivity index (χ4n) is 7.72. The standard InChI is InChI=1S/C32H36N2O5S/c1-20(30(35)33-28-11-10-25-6-3-4-7-26(25)15-28)39-31(36)27-8-5-9-29(16-27)40(37,38)34-21(2)32-17-22-12-23(18-32)14-24(13-22)19-32/h3-11,15-16,20-24,34H,12-14,17-19H2,1-2H3,(H,33,35)/t20-,21+,22?,23?,24?,32?/m0/s1. The second-order valence-electron chi connectivity index (χ2n) is 12.2. The van der Waals surface area contributed by atoms with E-state index in [-0.39, 0.29) is 21.9 Å². The van der Waals surface area contributed by atoms with E-state index in [0.29, 0.717) is 5.69 Å². The van der Waals surface area contributed by atoms with Crippen molar-refractivity contribution in [1.82, 2.24) is 4.72 Å². The third-order valence-electron chi connectivity index (χ3n) is 9.39. The maximum Gasteiger partial charge on any atom is 0.338 e. The molecular weight excluding hydrogens is 524 g/mol. The lowest BCUT2D eigenvalue weighted by molar-refractivity contribution is -0.123. The van der Waals surface area contributed by atoms with Crippen LogP contribution in [0, 0.1) is 23.2 Å². The van der Waals surface area contributed by atoms with E-state index in [1.807, 2.05) is 43.3 Å². The first-order chi connectivity index (χ1) is 19.1. The molecule has 0 spiro atoms. The highest BCUT2D eigenvalue weighted by Crippen LogP contribution is 2.61. The fraction of sp³-hybridized carbons (Fsp3) is 0.438. The first kappa shape index (κ1) is 27.0. The Morgan fingerprint density at radius 1 is 0.850 bits per heavy atom. The molecule has 0 heterocycles. The molecule has 7 nitrogen and oxygen atoms in total. The van der Waals surface area contributed by atoms with Crippen molar-refractivity contribution in [3.63, 3.8) is 0 Å². The summed E-state index contributed by atoms with van der Waals surface area (Å²) in [5.74, 6) is 0.927. The van der Waals surface area contributed by atoms with Gasteiger partial charge in [-0.25, -0.2) is 17.9 Å². The summed E-state index contributed by atoms with van der Waals surface area (Å²) in [5, 5.41) is 4.81. The molecule has 1 amide bonds. The van der Waals surface area contributed by atoms with Crippen LogP contribution in [0.5, 0.6) is 0 Å². The van der Waals surface area contributed by atoms with E-state index >= 15 is 0 Å². The number of rotatable bonds is 8. The van der Waals surface area contributed by atoms with Gasteiger partial charge in [0.1, 0.15) is 0 Å². The third kappa shape index (κ3) is 5.27. The molecule has 0 unspecified atom stereocenters. The molecule has 0 radical (unpaired) electrons. The minimum absolute atomic E-state index is 0.0200. The SMILES string of the molecule is C[C@H](OC(=O)c1cccc(S(=O)(=O)N[C@H](C)C23CC4CC(CC(C4)C2)C3)c1)C(=O)Nc1ccc2ccccc2c1. The molecule has 4 aliphatic rings. The zero-order valence-electron chi connectivity index (χ0n) is 22.9. The molecule has 3 aromatic carbocycles. The molecule has 0 aromatic heterocycles. The van der Waals surface area contributed by atoms with Gasteiger partial charge >= 0.3 is 5.97 Å². The molecule has 7 rings (SSSR count). The second kappa shape index (κ2) is 10.3. The molecule has 0 aliphatic heterocycles. The zero-order chi connectivity index (χ0) is 28.1. The quantitative estimate of drug-likeness (QED) is 0.334. The van der Waals surface area contributed by atoms with Gasteiger partial charge in [-0.05, 0) is 117 Å². The molecule has 2 atom stereocenters. The highest BCUT2D eigenvalue weighted by molar-refractivity contribution is 7.89. The average Bonchev–Trinajstić information content (AvgIpc) is 2.92. The van der Waals surface area contributed by atoms with E-state index in [9.17, 15) is 18.0 Å². The Hall–Kier alpha value is -3.23. The minimum atomic E-state index is -3.85. The Balaban J connectivity index is 1.10. The molecule has 4 saturated carbocycles. The molecule has 4 bridgehead atoms. The van der Waals surface area contributed by atoms with Gasteiger partial charge in [0.25, 0.3) is 5.91 Å². The van der Waals surface area contributed by atoms with Crippen LogP contribution in [0.2, 0.25) is 0 Å². The Labute approximate surface area is 235 Å². The van der Waals surface area contributed by atoms with E-state index in [0.717, 1.165) is 47.8 Å². The van der Waals surface area contributed by atoms with Crippen molar-refractivity contribution in [3.05, 3.63) is 72.3 Å². The fourth-order valence-corrected chi connectivity index (χ4v) is 9.11. The summed E-state index contributed by atoms with van der Waals surface area (Å²) >= 11 is 0. The number of amides is 1. The van der Waals surface area contributed by atoms with Crippen molar-refractivity contribution in [2.45, 2.75) is 69.4 Å². The van der Waals surface area contributed by atoms with Crippen LogP contribution in [0.25, 0.3) is 10.8 Å². The number of fused-ring (bicyclic) bond motifs is 1. The summed E-state index contributed by atoms with van der Waals surface area (Å²) in [5.41, 5.74) is 0.696. The molecular formula is C32H36N2O5S. The Morgan fingerprint density at radius 2 is 1.50 bits per heavy atom. The smallest absolute Gasteiger partial charge is 0.338 e. The Morgan fingerprint density at radius 3 is 2.17 bits per heavy atom. The van der Waals surface area contributed by atoms with Crippen LogP contribution < -0.4 is 10.0 Å². The molecule has 4 fully saturated rings. The number of nitrogens with one attached hydrogen (secondary N) is 2. The number of benzene rings is 3. The van der Waals surface area contributed by atoms with Gasteiger partial charge in [0.15, 0.2) is 6.10 Å². The first-order valence-electron chi connectivity index (χ1n) is 14.2. The summed E-state index contributed by atoms with van der Waals surface area (Å²) < 4.78 is 35.2. The normalized spacial score (nSPS) is 26.8.